The third kappa shape index (κ3) is 3.16. The zero-order valence-electron chi connectivity index (χ0n) is 11.6. The molecular weight excluding hydrogens is 230 g/mol. The average Bonchev–Trinajstić information content (AvgIpc) is 2.74. The van der Waals surface area contributed by atoms with Crippen molar-refractivity contribution in [2.24, 2.45) is 0 Å². The molecule has 2 aromatic carbocycles. The number of benzene rings is 2. The van der Waals surface area contributed by atoms with Crippen molar-refractivity contribution in [1.29, 1.82) is 0 Å². The van der Waals surface area contributed by atoms with Crippen LogP contribution in [0.3, 0.4) is 0 Å². The zero-order chi connectivity index (χ0) is 12.9. The van der Waals surface area contributed by atoms with E-state index in [0.717, 1.165) is 0 Å². The highest BCUT2D eigenvalue weighted by atomic mass is 15.1. The molecule has 3 rings (SSSR count). The standard InChI is InChI=1S/C18H23N/c1-2-6-14-19(13-5-1)15-12-17-10-7-9-16-8-3-4-11-18(16)17/h3-4,7-11H,1-2,5-6,12-15H2. The summed E-state index contributed by atoms with van der Waals surface area (Å²) in [6.45, 7) is 3.81. The second-order valence-electron chi connectivity index (χ2n) is 5.64. The van der Waals surface area contributed by atoms with Crippen molar-refractivity contribution in [3.05, 3.63) is 48.0 Å². The maximum absolute atomic E-state index is 2.65. The molecule has 0 aromatic heterocycles. The predicted octanol–water partition coefficient (Wildman–Crippen LogP) is 4.26. The summed E-state index contributed by atoms with van der Waals surface area (Å²) >= 11 is 0. The fourth-order valence-electron chi connectivity index (χ4n) is 3.15. The van der Waals surface area contributed by atoms with Gasteiger partial charge in [-0.05, 0) is 48.7 Å². The molecule has 0 amide bonds. The fourth-order valence-corrected chi connectivity index (χ4v) is 3.15. The van der Waals surface area contributed by atoms with Gasteiger partial charge in [-0.15, -0.1) is 0 Å². The molecule has 0 aliphatic carbocycles. The lowest BCUT2D eigenvalue weighted by atomic mass is 10.0. The lowest BCUT2D eigenvalue weighted by molar-refractivity contribution is 0.289. The van der Waals surface area contributed by atoms with Crippen LogP contribution in [0, 0.1) is 0 Å². The highest BCUT2D eigenvalue weighted by molar-refractivity contribution is 5.85. The monoisotopic (exact) mass is 253 g/mol. The van der Waals surface area contributed by atoms with Gasteiger partial charge in [-0.1, -0.05) is 55.3 Å². The van der Waals surface area contributed by atoms with Gasteiger partial charge in [0.25, 0.3) is 0 Å². The van der Waals surface area contributed by atoms with Crippen LogP contribution in [-0.4, -0.2) is 24.5 Å². The summed E-state index contributed by atoms with van der Waals surface area (Å²) in [5.41, 5.74) is 1.50. The molecule has 0 unspecified atom stereocenters. The molecular formula is C18H23N. The Morgan fingerprint density at radius 1 is 0.789 bits per heavy atom. The van der Waals surface area contributed by atoms with Crippen molar-refractivity contribution in [3.63, 3.8) is 0 Å². The van der Waals surface area contributed by atoms with Crippen molar-refractivity contribution >= 4 is 10.8 Å². The molecule has 2 aromatic rings. The molecule has 1 fully saturated rings. The first kappa shape index (κ1) is 12.7. The Morgan fingerprint density at radius 2 is 1.53 bits per heavy atom. The Kier molecular flexibility index (Phi) is 4.14. The summed E-state index contributed by atoms with van der Waals surface area (Å²) in [5, 5.41) is 2.80. The van der Waals surface area contributed by atoms with Gasteiger partial charge in [0.05, 0.1) is 0 Å². The van der Waals surface area contributed by atoms with E-state index in [1.54, 1.807) is 0 Å². The van der Waals surface area contributed by atoms with Crippen molar-refractivity contribution in [2.45, 2.75) is 32.1 Å². The normalized spacial score (nSPS) is 17.5. The van der Waals surface area contributed by atoms with E-state index in [2.05, 4.69) is 47.4 Å². The molecule has 0 bridgehead atoms. The maximum atomic E-state index is 2.65. The van der Waals surface area contributed by atoms with E-state index in [4.69, 9.17) is 0 Å². The van der Waals surface area contributed by atoms with E-state index in [-0.39, 0.29) is 0 Å². The van der Waals surface area contributed by atoms with Gasteiger partial charge in [-0.3, -0.25) is 0 Å². The quantitative estimate of drug-likeness (QED) is 0.790. The summed E-state index contributed by atoms with van der Waals surface area (Å²) < 4.78 is 0. The second-order valence-corrected chi connectivity index (χ2v) is 5.64. The molecule has 1 aliphatic heterocycles. The molecule has 1 heterocycles. The predicted molar refractivity (Wildman–Crippen MR) is 82.6 cm³/mol. The molecule has 0 spiro atoms. The smallest absolute Gasteiger partial charge is 0.00220 e. The van der Waals surface area contributed by atoms with Crippen molar-refractivity contribution in [1.82, 2.24) is 4.90 Å². The summed E-state index contributed by atoms with van der Waals surface area (Å²) in [5.74, 6) is 0. The number of rotatable bonds is 3. The van der Waals surface area contributed by atoms with E-state index >= 15 is 0 Å². The van der Waals surface area contributed by atoms with Gasteiger partial charge in [0.1, 0.15) is 0 Å². The van der Waals surface area contributed by atoms with E-state index in [1.165, 1.54) is 68.1 Å². The molecule has 1 nitrogen and oxygen atoms in total. The number of likely N-dealkylation sites (tertiary alicyclic amines) is 1. The summed E-state index contributed by atoms with van der Waals surface area (Å²) in [7, 11) is 0. The molecule has 0 atom stereocenters. The first-order valence-electron chi connectivity index (χ1n) is 7.62. The first-order valence-corrected chi connectivity index (χ1v) is 7.62. The van der Waals surface area contributed by atoms with Crippen molar-refractivity contribution in [2.75, 3.05) is 19.6 Å². The number of hydrogen-bond donors (Lipinski definition) is 0. The average molecular weight is 253 g/mol. The van der Waals surface area contributed by atoms with E-state index in [9.17, 15) is 0 Å². The largest absolute Gasteiger partial charge is 0.303 e. The fraction of sp³-hybridized carbons (Fsp3) is 0.444. The summed E-state index contributed by atoms with van der Waals surface area (Å²) in [6, 6.07) is 15.4. The van der Waals surface area contributed by atoms with Crippen LogP contribution < -0.4 is 0 Å². The van der Waals surface area contributed by atoms with Crippen molar-refractivity contribution in [3.8, 4) is 0 Å². The summed E-state index contributed by atoms with van der Waals surface area (Å²) in [6.07, 6.45) is 6.79. The molecule has 1 heteroatoms. The minimum atomic E-state index is 1.18. The van der Waals surface area contributed by atoms with Crippen LogP contribution in [0.5, 0.6) is 0 Å². The molecule has 0 N–H and O–H groups in total. The Morgan fingerprint density at radius 3 is 2.37 bits per heavy atom. The minimum Gasteiger partial charge on any atom is -0.303 e. The molecule has 1 aliphatic rings. The zero-order valence-corrected chi connectivity index (χ0v) is 11.6. The maximum Gasteiger partial charge on any atom is 0.00220 e. The third-order valence-electron chi connectivity index (χ3n) is 4.28. The van der Waals surface area contributed by atoms with Crippen molar-refractivity contribution < 1.29 is 0 Å². The number of hydrogen-bond acceptors (Lipinski definition) is 1. The van der Waals surface area contributed by atoms with E-state index in [1.807, 2.05) is 0 Å². The van der Waals surface area contributed by atoms with Crippen LogP contribution in [0.25, 0.3) is 10.8 Å². The van der Waals surface area contributed by atoms with Crippen LogP contribution in [0.1, 0.15) is 31.2 Å². The molecule has 19 heavy (non-hydrogen) atoms. The third-order valence-corrected chi connectivity index (χ3v) is 4.28. The topological polar surface area (TPSA) is 3.24 Å². The molecule has 100 valence electrons. The lowest BCUT2D eigenvalue weighted by Gasteiger charge is -2.20. The van der Waals surface area contributed by atoms with Crippen LogP contribution in [0.2, 0.25) is 0 Å². The highest BCUT2D eigenvalue weighted by Gasteiger charge is 2.09. The van der Waals surface area contributed by atoms with Crippen LogP contribution in [0.15, 0.2) is 42.5 Å². The molecule has 0 radical (unpaired) electrons. The molecule has 0 saturated carbocycles. The number of nitrogens with zero attached hydrogens (tertiary/aromatic N) is 1. The molecule has 1 saturated heterocycles. The van der Waals surface area contributed by atoms with Crippen LogP contribution in [-0.2, 0) is 6.42 Å². The summed E-state index contributed by atoms with van der Waals surface area (Å²) in [4.78, 5) is 2.65. The van der Waals surface area contributed by atoms with Gasteiger partial charge in [-0.25, -0.2) is 0 Å². The Labute approximate surface area is 116 Å². The van der Waals surface area contributed by atoms with Gasteiger partial charge in [-0.2, -0.15) is 0 Å². The van der Waals surface area contributed by atoms with Gasteiger partial charge in [0.2, 0.25) is 0 Å². The van der Waals surface area contributed by atoms with Crippen LogP contribution >= 0.6 is 0 Å². The first-order chi connectivity index (χ1) is 9.43. The van der Waals surface area contributed by atoms with Gasteiger partial charge >= 0.3 is 0 Å². The second kappa shape index (κ2) is 6.21. The van der Waals surface area contributed by atoms with E-state index in [0.29, 0.717) is 0 Å². The van der Waals surface area contributed by atoms with Crippen LogP contribution in [0.4, 0.5) is 0 Å². The van der Waals surface area contributed by atoms with Gasteiger partial charge in [0, 0.05) is 6.54 Å². The lowest BCUT2D eigenvalue weighted by Crippen LogP contribution is -2.26. The van der Waals surface area contributed by atoms with E-state index < -0.39 is 0 Å². The van der Waals surface area contributed by atoms with Gasteiger partial charge in [0.15, 0.2) is 0 Å². The number of fused-ring (bicyclic) bond motifs is 1. The minimum absolute atomic E-state index is 1.18. The highest BCUT2D eigenvalue weighted by Crippen LogP contribution is 2.19. The SMILES string of the molecule is c1ccc2c(CCN3CCCCCC3)cccc2c1. The Bertz CT molecular complexity index is 519. The van der Waals surface area contributed by atoms with Gasteiger partial charge < -0.3 is 4.90 Å². The Hall–Kier alpha value is -1.34. The Balaban J connectivity index is 1.71.